The van der Waals surface area contributed by atoms with Crippen LogP contribution in [-0.4, -0.2) is 18.7 Å². The van der Waals surface area contributed by atoms with Crippen LogP contribution in [0.3, 0.4) is 0 Å². The first kappa shape index (κ1) is 17.1. The molecule has 0 aliphatic carbocycles. The molecule has 1 heterocycles. The minimum absolute atomic E-state index is 0.0270. The topological polar surface area (TPSA) is 33.6 Å². The molecular formula is C19H17F3N2O. The molecule has 2 aromatic rings. The number of hydrogen-bond acceptors (Lipinski definition) is 3. The van der Waals surface area contributed by atoms with Crippen molar-refractivity contribution in [3.8, 4) is 0 Å². The second-order valence-electron chi connectivity index (χ2n) is 5.75. The van der Waals surface area contributed by atoms with Crippen molar-refractivity contribution in [1.82, 2.24) is 0 Å². The molecule has 0 saturated carbocycles. The molecule has 0 saturated heterocycles. The molecule has 2 aromatic carbocycles. The number of halogens is 3. The molecular weight excluding hydrogens is 329 g/mol. The van der Waals surface area contributed by atoms with Gasteiger partial charge in [0.2, 0.25) is 5.90 Å². The summed E-state index contributed by atoms with van der Waals surface area (Å²) in [5.74, 6) is -0.0270. The average molecular weight is 346 g/mol. The first-order valence-corrected chi connectivity index (χ1v) is 7.80. The lowest BCUT2D eigenvalue weighted by atomic mass is 10.1. The smallest absolute Gasteiger partial charge is 0.431 e. The van der Waals surface area contributed by atoms with Crippen molar-refractivity contribution in [3.05, 3.63) is 77.5 Å². The van der Waals surface area contributed by atoms with E-state index in [9.17, 15) is 13.2 Å². The standard InChI is InChI=1S/C19H17F3N2O/c1-13-7-9-15(10-8-13)23-17(19(20,21)22)11-18-24-16(12-25-18)14-5-3-2-4-6-14/h2-11,16,23H,12H2,1H3/b17-11-/t16-/m1/s1. The number of aliphatic imine (C=N–C) groups is 1. The number of ether oxygens (including phenoxy) is 1. The summed E-state index contributed by atoms with van der Waals surface area (Å²) in [5.41, 5.74) is 1.32. The molecule has 1 atom stereocenters. The van der Waals surface area contributed by atoms with Gasteiger partial charge in [-0.15, -0.1) is 0 Å². The monoisotopic (exact) mass is 346 g/mol. The number of benzene rings is 2. The molecule has 0 fully saturated rings. The Morgan fingerprint density at radius 1 is 1.12 bits per heavy atom. The number of aryl methyl sites for hydroxylation is 1. The first-order valence-electron chi connectivity index (χ1n) is 7.80. The van der Waals surface area contributed by atoms with Crippen LogP contribution >= 0.6 is 0 Å². The minimum Gasteiger partial charge on any atom is -0.475 e. The predicted octanol–water partition coefficient (Wildman–Crippen LogP) is 5.02. The maximum absolute atomic E-state index is 13.3. The van der Waals surface area contributed by atoms with Gasteiger partial charge in [0.25, 0.3) is 0 Å². The van der Waals surface area contributed by atoms with Crippen LogP contribution in [0.15, 0.2) is 71.4 Å². The van der Waals surface area contributed by atoms with Gasteiger partial charge in [-0.3, -0.25) is 0 Å². The number of alkyl halides is 3. The Balaban J connectivity index is 1.83. The summed E-state index contributed by atoms with van der Waals surface area (Å²) in [6, 6.07) is 15.7. The second kappa shape index (κ2) is 7.01. The van der Waals surface area contributed by atoms with Crippen molar-refractivity contribution in [2.24, 2.45) is 4.99 Å². The van der Waals surface area contributed by atoms with Crippen molar-refractivity contribution in [2.75, 3.05) is 11.9 Å². The zero-order chi connectivity index (χ0) is 17.9. The van der Waals surface area contributed by atoms with Gasteiger partial charge in [-0.1, -0.05) is 48.0 Å². The van der Waals surface area contributed by atoms with E-state index in [0.717, 1.165) is 17.2 Å². The molecule has 0 unspecified atom stereocenters. The maximum atomic E-state index is 13.3. The normalized spacial score (nSPS) is 17.8. The zero-order valence-electron chi connectivity index (χ0n) is 13.5. The van der Waals surface area contributed by atoms with Crippen LogP contribution in [-0.2, 0) is 4.74 Å². The summed E-state index contributed by atoms with van der Waals surface area (Å²) >= 11 is 0. The van der Waals surface area contributed by atoms with Crippen LogP contribution in [0.5, 0.6) is 0 Å². The van der Waals surface area contributed by atoms with Gasteiger partial charge in [0, 0.05) is 11.8 Å². The lowest BCUT2D eigenvalue weighted by Crippen LogP contribution is -2.20. The van der Waals surface area contributed by atoms with E-state index in [-0.39, 0.29) is 18.5 Å². The molecule has 25 heavy (non-hydrogen) atoms. The molecule has 0 radical (unpaired) electrons. The summed E-state index contributed by atoms with van der Waals surface area (Å²) in [6.45, 7) is 2.10. The summed E-state index contributed by atoms with van der Waals surface area (Å²) < 4.78 is 45.3. The van der Waals surface area contributed by atoms with E-state index in [0.29, 0.717) is 5.69 Å². The number of anilines is 1. The van der Waals surface area contributed by atoms with E-state index >= 15 is 0 Å². The molecule has 1 aliphatic rings. The third-order valence-corrected chi connectivity index (χ3v) is 3.76. The molecule has 6 heteroatoms. The number of hydrogen-bond donors (Lipinski definition) is 1. The van der Waals surface area contributed by atoms with E-state index in [1.54, 1.807) is 24.3 Å². The lowest BCUT2D eigenvalue weighted by Gasteiger charge is -2.14. The van der Waals surface area contributed by atoms with Gasteiger partial charge in [-0.25, -0.2) is 4.99 Å². The van der Waals surface area contributed by atoms with Crippen molar-refractivity contribution in [1.29, 1.82) is 0 Å². The molecule has 1 N–H and O–H groups in total. The fourth-order valence-corrected chi connectivity index (χ4v) is 2.42. The number of nitrogens with one attached hydrogen (secondary N) is 1. The van der Waals surface area contributed by atoms with Gasteiger partial charge >= 0.3 is 6.18 Å². The highest BCUT2D eigenvalue weighted by atomic mass is 19.4. The van der Waals surface area contributed by atoms with E-state index in [4.69, 9.17) is 4.74 Å². The molecule has 130 valence electrons. The van der Waals surface area contributed by atoms with Gasteiger partial charge in [0.05, 0.1) is 0 Å². The molecule has 0 amide bonds. The first-order chi connectivity index (χ1) is 11.9. The number of nitrogens with zero attached hydrogens (tertiary/aromatic N) is 1. The van der Waals surface area contributed by atoms with Crippen LogP contribution < -0.4 is 5.32 Å². The Morgan fingerprint density at radius 3 is 2.44 bits per heavy atom. The minimum atomic E-state index is -4.54. The van der Waals surface area contributed by atoms with E-state index in [1.807, 2.05) is 37.3 Å². The largest absolute Gasteiger partial charge is 0.475 e. The SMILES string of the molecule is Cc1ccc(N/C(=C\C2=N[C@@H](c3ccccc3)CO2)C(F)(F)F)cc1. The van der Waals surface area contributed by atoms with Crippen molar-refractivity contribution in [2.45, 2.75) is 19.1 Å². The van der Waals surface area contributed by atoms with E-state index < -0.39 is 11.9 Å². The van der Waals surface area contributed by atoms with Crippen molar-refractivity contribution < 1.29 is 17.9 Å². The van der Waals surface area contributed by atoms with Crippen LogP contribution in [0.2, 0.25) is 0 Å². The summed E-state index contributed by atoms with van der Waals surface area (Å²) in [7, 11) is 0. The average Bonchev–Trinajstić information content (AvgIpc) is 3.05. The third-order valence-electron chi connectivity index (χ3n) is 3.76. The molecule has 3 rings (SSSR count). The zero-order valence-corrected chi connectivity index (χ0v) is 13.5. The van der Waals surface area contributed by atoms with Gasteiger partial charge < -0.3 is 10.1 Å². The molecule has 1 aliphatic heterocycles. The van der Waals surface area contributed by atoms with E-state index in [1.165, 1.54) is 0 Å². The predicted molar refractivity (Wildman–Crippen MR) is 91.5 cm³/mol. The highest BCUT2D eigenvalue weighted by molar-refractivity contribution is 5.90. The Kier molecular flexibility index (Phi) is 4.79. The highest BCUT2D eigenvalue weighted by Crippen LogP contribution is 2.29. The molecule has 0 bridgehead atoms. The Bertz CT molecular complexity index is 781. The van der Waals surface area contributed by atoms with Gasteiger partial charge in [-0.2, -0.15) is 13.2 Å². The number of allylic oxidation sites excluding steroid dienone is 1. The summed E-state index contributed by atoms with van der Waals surface area (Å²) in [5, 5.41) is 2.40. The van der Waals surface area contributed by atoms with Gasteiger partial charge in [0.1, 0.15) is 18.3 Å². The summed E-state index contributed by atoms with van der Waals surface area (Å²) in [4.78, 5) is 4.25. The lowest BCUT2D eigenvalue weighted by molar-refractivity contribution is -0.0902. The Labute approximate surface area is 143 Å². The van der Waals surface area contributed by atoms with Gasteiger partial charge in [-0.05, 0) is 24.6 Å². The van der Waals surface area contributed by atoms with E-state index in [2.05, 4.69) is 10.3 Å². The second-order valence-corrected chi connectivity index (χ2v) is 5.75. The van der Waals surface area contributed by atoms with Gasteiger partial charge in [0.15, 0.2) is 0 Å². The molecule has 0 spiro atoms. The van der Waals surface area contributed by atoms with Crippen LogP contribution in [0.4, 0.5) is 18.9 Å². The quantitative estimate of drug-likeness (QED) is 0.843. The highest BCUT2D eigenvalue weighted by Gasteiger charge is 2.35. The van der Waals surface area contributed by atoms with Crippen molar-refractivity contribution >= 4 is 11.6 Å². The third kappa shape index (κ3) is 4.41. The van der Waals surface area contributed by atoms with Crippen LogP contribution in [0.25, 0.3) is 0 Å². The molecule has 3 nitrogen and oxygen atoms in total. The fraction of sp³-hybridized carbons (Fsp3) is 0.211. The number of rotatable bonds is 4. The fourth-order valence-electron chi connectivity index (χ4n) is 2.42. The molecule has 0 aromatic heterocycles. The van der Waals surface area contributed by atoms with Crippen LogP contribution in [0, 0.1) is 6.92 Å². The van der Waals surface area contributed by atoms with Crippen LogP contribution in [0.1, 0.15) is 17.2 Å². The summed E-state index contributed by atoms with van der Waals surface area (Å²) in [6.07, 6.45) is -3.63. The maximum Gasteiger partial charge on any atom is 0.431 e. The van der Waals surface area contributed by atoms with Crippen molar-refractivity contribution in [3.63, 3.8) is 0 Å². The Hall–Kier alpha value is -2.76. The Morgan fingerprint density at radius 2 is 1.80 bits per heavy atom.